The molecule has 0 aromatic heterocycles. The number of nitrogens with zero attached hydrogens (tertiary/aromatic N) is 1. The van der Waals surface area contributed by atoms with Crippen molar-refractivity contribution in [3.63, 3.8) is 0 Å². The summed E-state index contributed by atoms with van der Waals surface area (Å²) in [5, 5.41) is 13.1. The Morgan fingerprint density at radius 1 is 1.29 bits per heavy atom. The lowest BCUT2D eigenvalue weighted by atomic mass is 9.95. The van der Waals surface area contributed by atoms with Gasteiger partial charge in [-0.2, -0.15) is 0 Å². The lowest BCUT2D eigenvalue weighted by Crippen LogP contribution is -2.56. The van der Waals surface area contributed by atoms with Gasteiger partial charge in [-0.3, -0.25) is 4.79 Å². The Morgan fingerprint density at radius 2 is 2.06 bits per heavy atom. The number of amides is 1. The SMILES string of the molecule is CC(O)C1CCCCN1C(=O)C1CCCCN1. The number of likely N-dealkylation sites (tertiary alicyclic amines) is 1. The summed E-state index contributed by atoms with van der Waals surface area (Å²) in [6.07, 6.45) is 5.97. The lowest BCUT2D eigenvalue weighted by Gasteiger charge is -2.40. The molecule has 98 valence electrons. The zero-order chi connectivity index (χ0) is 12.3. The maximum Gasteiger partial charge on any atom is 0.240 e. The number of carbonyl (C=O) groups excluding carboxylic acids is 1. The molecule has 2 aliphatic heterocycles. The molecule has 3 atom stereocenters. The van der Waals surface area contributed by atoms with E-state index in [1.54, 1.807) is 6.92 Å². The standard InChI is InChI=1S/C13H24N2O2/c1-10(16)12-7-3-5-9-15(12)13(17)11-6-2-4-8-14-11/h10-12,14,16H,2-9H2,1H3. The Balaban J connectivity index is 1.99. The molecule has 2 saturated heterocycles. The molecule has 17 heavy (non-hydrogen) atoms. The van der Waals surface area contributed by atoms with Gasteiger partial charge in [0.2, 0.25) is 5.91 Å². The van der Waals surface area contributed by atoms with Crippen LogP contribution in [0.2, 0.25) is 0 Å². The summed E-state index contributed by atoms with van der Waals surface area (Å²) < 4.78 is 0. The second-order valence-corrected chi connectivity index (χ2v) is 5.34. The second kappa shape index (κ2) is 5.83. The van der Waals surface area contributed by atoms with Crippen molar-refractivity contribution < 1.29 is 9.90 Å². The van der Waals surface area contributed by atoms with Crippen molar-refractivity contribution in [2.24, 2.45) is 0 Å². The van der Waals surface area contributed by atoms with Crippen LogP contribution in [0.1, 0.15) is 45.4 Å². The van der Waals surface area contributed by atoms with Crippen molar-refractivity contribution in [3.05, 3.63) is 0 Å². The number of carbonyl (C=O) groups is 1. The third-order valence-electron chi connectivity index (χ3n) is 4.00. The number of hydrogen-bond acceptors (Lipinski definition) is 3. The van der Waals surface area contributed by atoms with E-state index in [9.17, 15) is 9.90 Å². The number of aliphatic hydroxyl groups excluding tert-OH is 1. The van der Waals surface area contributed by atoms with Crippen LogP contribution in [-0.2, 0) is 4.79 Å². The van der Waals surface area contributed by atoms with E-state index in [0.717, 1.165) is 45.2 Å². The van der Waals surface area contributed by atoms with Crippen LogP contribution in [0.3, 0.4) is 0 Å². The van der Waals surface area contributed by atoms with E-state index >= 15 is 0 Å². The van der Waals surface area contributed by atoms with Crippen LogP contribution in [-0.4, -0.2) is 47.2 Å². The largest absolute Gasteiger partial charge is 0.391 e. The van der Waals surface area contributed by atoms with E-state index in [4.69, 9.17) is 0 Å². The molecule has 0 radical (unpaired) electrons. The predicted octanol–water partition coefficient (Wildman–Crippen LogP) is 0.890. The Labute approximate surface area is 103 Å². The molecule has 0 bridgehead atoms. The highest BCUT2D eigenvalue weighted by atomic mass is 16.3. The van der Waals surface area contributed by atoms with E-state index < -0.39 is 6.10 Å². The summed E-state index contributed by atoms with van der Waals surface area (Å²) in [6.45, 7) is 3.56. The molecule has 0 saturated carbocycles. The predicted molar refractivity (Wildman–Crippen MR) is 66.7 cm³/mol. The molecule has 2 rings (SSSR count). The van der Waals surface area contributed by atoms with Crippen LogP contribution >= 0.6 is 0 Å². The Morgan fingerprint density at radius 3 is 2.71 bits per heavy atom. The number of hydrogen-bond donors (Lipinski definition) is 2. The van der Waals surface area contributed by atoms with E-state index in [1.165, 1.54) is 6.42 Å². The molecule has 4 heteroatoms. The van der Waals surface area contributed by atoms with E-state index in [0.29, 0.717) is 0 Å². The first-order valence-corrected chi connectivity index (χ1v) is 6.92. The highest BCUT2D eigenvalue weighted by Crippen LogP contribution is 2.22. The van der Waals surface area contributed by atoms with Gasteiger partial charge >= 0.3 is 0 Å². The summed E-state index contributed by atoms with van der Waals surface area (Å²) in [5.74, 6) is 0.204. The number of nitrogens with one attached hydrogen (secondary N) is 1. The van der Waals surface area contributed by atoms with Gasteiger partial charge in [-0.25, -0.2) is 0 Å². The minimum atomic E-state index is -0.414. The maximum atomic E-state index is 12.4. The topological polar surface area (TPSA) is 52.6 Å². The monoisotopic (exact) mass is 240 g/mol. The van der Waals surface area contributed by atoms with Crippen molar-refractivity contribution in [3.8, 4) is 0 Å². The number of piperidine rings is 2. The third kappa shape index (κ3) is 2.99. The molecular weight excluding hydrogens is 216 g/mol. The van der Waals surface area contributed by atoms with Crippen LogP contribution in [0, 0.1) is 0 Å². The first kappa shape index (κ1) is 12.8. The lowest BCUT2D eigenvalue weighted by molar-refractivity contribution is -0.140. The fourth-order valence-corrected chi connectivity index (χ4v) is 3.00. The number of rotatable bonds is 2. The van der Waals surface area contributed by atoms with Crippen molar-refractivity contribution >= 4 is 5.91 Å². The van der Waals surface area contributed by atoms with Crippen LogP contribution in [0.5, 0.6) is 0 Å². The van der Waals surface area contributed by atoms with Crippen molar-refractivity contribution in [2.75, 3.05) is 13.1 Å². The maximum absolute atomic E-state index is 12.4. The second-order valence-electron chi connectivity index (χ2n) is 5.34. The molecule has 0 aliphatic carbocycles. The zero-order valence-electron chi connectivity index (χ0n) is 10.7. The number of aliphatic hydroxyl groups is 1. The first-order chi connectivity index (χ1) is 8.20. The van der Waals surface area contributed by atoms with Crippen LogP contribution in [0.15, 0.2) is 0 Å². The Kier molecular flexibility index (Phi) is 4.40. The molecule has 2 aliphatic rings. The average molecular weight is 240 g/mol. The van der Waals surface area contributed by atoms with Crippen LogP contribution in [0.4, 0.5) is 0 Å². The van der Waals surface area contributed by atoms with Crippen molar-refractivity contribution in [1.29, 1.82) is 0 Å². The fraction of sp³-hybridized carbons (Fsp3) is 0.923. The summed E-state index contributed by atoms with van der Waals surface area (Å²) in [6, 6.07) is 0.0167. The highest BCUT2D eigenvalue weighted by molar-refractivity contribution is 5.82. The van der Waals surface area contributed by atoms with Crippen LogP contribution < -0.4 is 5.32 Å². The summed E-state index contributed by atoms with van der Waals surface area (Å²) >= 11 is 0. The Hall–Kier alpha value is -0.610. The highest BCUT2D eigenvalue weighted by Gasteiger charge is 2.33. The van der Waals surface area contributed by atoms with Crippen molar-refractivity contribution in [2.45, 2.75) is 63.6 Å². The molecule has 4 nitrogen and oxygen atoms in total. The summed E-state index contributed by atoms with van der Waals surface area (Å²) in [4.78, 5) is 14.3. The third-order valence-corrected chi connectivity index (χ3v) is 4.00. The molecule has 3 unspecified atom stereocenters. The summed E-state index contributed by atoms with van der Waals surface area (Å²) in [5.41, 5.74) is 0. The average Bonchev–Trinajstić information content (AvgIpc) is 2.39. The summed E-state index contributed by atoms with van der Waals surface area (Å²) in [7, 11) is 0. The van der Waals surface area contributed by atoms with Gasteiger partial charge in [0.1, 0.15) is 0 Å². The van der Waals surface area contributed by atoms with Crippen LogP contribution in [0.25, 0.3) is 0 Å². The zero-order valence-corrected chi connectivity index (χ0v) is 10.7. The molecule has 0 spiro atoms. The first-order valence-electron chi connectivity index (χ1n) is 6.92. The minimum absolute atomic E-state index is 0.0110. The van der Waals surface area contributed by atoms with E-state index in [2.05, 4.69) is 5.32 Å². The van der Waals surface area contributed by atoms with Gasteiger partial charge in [0.15, 0.2) is 0 Å². The molecule has 0 aromatic rings. The fourth-order valence-electron chi connectivity index (χ4n) is 3.00. The van der Waals surface area contributed by atoms with Gasteiger partial charge in [0.25, 0.3) is 0 Å². The van der Waals surface area contributed by atoms with E-state index in [1.807, 2.05) is 4.90 Å². The van der Waals surface area contributed by atoms with Gasteiger partial charge in [0.05, 0.1) is 18.2 Å². The van der Waals surface area contributed by atoms with E-state index in [-0.39, 0.29) is 18.0 Å². The molecule has 2 heterocycles. The molecule has 2 fully saturated rings. The van der Waals surface area contributed by atoms with Gasteiger partial charge < -0.3 is 15.3 Å². The van der Waals surface area contributed by atoms with Gasteiger partial charge in [-0.15, -0.1) is 0 Å². The molecular formula is C13H24N2O2. The normalized spacial score (nSPS) is 32.2. The quantitative estimate of drug-likeness (QED) is 0.753. The van der Waals surface area contributed by atoms with Crippen molar-refractivity contribution in [1.82, 2.24) is 10.2 Å². The smallest absolute Gasteiger partial charge is 0.240 e. The molecule has 1 amide bonds. The van der Waals surface area contributed by atoms with Gasteiger partial charge in [-0.05, 0) is 45.6 Å². The minimum Gasteiger partial charge on any atom is -0.391 e. The van der Waals surface area contributed by atoms with Gasteiger partial charge in [-0.1, -0.05) is 6.42 Å². The molecule has 2 N–H and O–H groups in total. The van der Waals surface area contributed by atoms with Gasteiger partial charge in [0, 0.05) is 6.54 Å². The molecule has 0 aromatic carbocycles. The Bertz CT molecular complexity index is 262.